The van der Waals surface area contributed by atoms with Gasteiger partial charge in [-0.1, -0.05) is 29.8 Å². The average molecular weight is 369 g/mol. The Bertz CT molecular complexity index is 927. The summed E-state index contributed by atoms with van der Waals surface area (Å²) in [6.07, 6.45) is 2.31. The predicted octanol–water partition coefficient (Wildman–Crippen LogP) is 2.97. The number of imidazole rings is 1. The number of likely N-dealkylation sites (N-methyl/N-ethyl adjacent to an activating group) is 1. The van der Waals surface area contributed by atoms with E-state index in [1.54, 1.807) is 0 Å². The minimum absolute atomic E-state index is 0.152. The van der Waals surface area contributed by atoms with Crippen molar-refractivity contribution in [2.75, 3.05) is 33.2 Å². The number of fused-ring (bicyclic) bond motifs is 1. The van der Waals surface area contributed by atoms with Gasteiger partial charge in [0.25, 0.3) is 0 Å². The molecule has 26 heavy (non-hydrogen) atoms. The molecule has 1 saturated heterocycles. The zero-order chi connectivity index (χ0) is 18.1. The molecule has 0 saturated carbocycles. The van der Waals surface area contributed by atoms with Crippen molar-refractivity contribution >= 4 is 23.2 Å². The molecule has 4 rings (SSSR count). The van der Waals surface area contributed by atoms with Crippen LogP contribution in [0.1, 0.15) is 5.69 Å². The lowest BCUT2D eigenvalue weighted by atomic mass is 10.1. The fourth-order valence-corrected chi connectivity index (χ4v) is 3.49. The molecule has 0 N–H and O–H groups in total. The molecule has 2 aromatic heterocycles. The molecule has 1 aromatic carbocycles. The summed E-state index contributed by atoms with van der Waals surface area (Å²) in [6, 6.07) is 13.5. The van der Waals surface area contributed by atoms with E-state index in [0.717, 1.165) is 48.8 Å². The van der Waals surface area contributed by atoms with Gasteiger partial charge in [-0.05, 0) is 31.3 Å². The Morgan fingerprint density at radius 1 is 1.08 bits per heavy atom. The largest absolute Gasteiger partial charge is 0.340 e. The number of rotatable bonds is 3. The zero-order valence-electron chi connectivity index (χ0n) is 14.7. The highest BCUT2D eigenvalue weighted by molar-refractivity contribution is 6.30. The number of nitrogens with zero attached hydrogens (tertiary/aromatic N) is 4. The molecule has 1 aliphatic rings. The van der Waals surface area contributed by atoms with Crippen molar-refractivity contribution in [2.45, 2.75) is 6.42 Å². The molecule has 1 aliphatic heterocycles. The van der Waals surface area contributed by atoms with Gasteiger partial charge in [-0.2, -0.15) is 0 Å². The number of amides is 1. The van der Waals surface area contributed by atoms with Gasteiger partial charge in [-0.3, -0.25) is 4.79 Å². The van der Waals surface area contributed by atoms with Crippen LogP contribution in [0.5, 0.6) is 0 Å². The number of hydrogen-bond donors (Lipinski definition) is 0. The molecule has 0 bridgehead atoms. The van der Waals surface area contributed by atoms with Gasteiger partial charge in [-0.15, -0.1) is 0 Å². The van der Waals surface area contributed by atoms with Crippen molar-refractivity contribution in [1.29, 1.82) is 0 Å². The summed E-state index contributed by atoms with van der Waals surface area (Å²) >= 11 is 6.02. The van der Waals surface area contributed by atoms with Gasteiger partial charge in [0.2, 0.25) is 5.91 Å². The van der Waals surface area contributed by atoms with Gasteiger partial charge in [0.1, 0.15) is 5.65 Å². The molecule has 3 heterocycles. The van der Waals surface area contributed by atoms with Crippen LogP contribution in [0.3, 0.4) is 0 Å². The molecule has 6 heteroatoms. The highest BCUT2D eigenvalue weighted by atomic mass is 35.5. The first kappa shape index (κ1) is 17.1. The molecular formula is C20H21ClN4O. The summed E-state index contributed by atoms with van der Waals surface area (Å²) in [5.74, 6) is 0.152. The lowest BCUT2D eigenvalue weighted by molar-refractivity contribution is -0.132. The standard InChI is InChI=1S/C20H21ClN4O/c1-23-10-12-24(13-11-23)19(26)14-17-20(15-5-7-16(21)8-6-15)22-18-4-2-3-9-25(17)18/h2-9H,10-14H2,1H3. The maximum atomic E-state index is 12.9. The maximum absolute atomic E-state index is 12.9. The molecule has 5 nitrogen and oxygen atoms in total. The van der Waals surface area contributed by atoms with Crippen LogP contribution in [0, 0.1) is 0 Å². The van der Waals surface area contributed by atoms with Crippen molar-refractivity contribution in [1.82, 2.24) is 19.2 Å². The average Bonchev–Trinajstić information content (AvgIpc) is 3.01. The van der Waals surface area contributed by atoms with Crippen LogP contribution in [0.25, 0.3) is 16.9 Å². The number of pyridine rings is 1. The Balaban J connectivity index is 1.69. The summed E-state index contributed by atoms with van der Waals surface area (Å²) in [6.45, 7) is 3.40. The van der Waals surface area contributed by atoms with Crippen LogP contribution in [-0.2, 0) is 11.2 Å². The summed E-state index contributed by atoms with van der Waals surface area (Å²) in [5.41, 5.74) is 3.58. The molecule has 0 unspecified atom stereocenters. The van der Waals surface area contributed by atoms with Crippen molar-refractivity contribution in [2.24, 2.45) is 0 Å². The quantitative estimate of drug-likeness (QED) is 0.713. The Labute approximate surface area is 157 Å². The van der Waals surface area contributed by atoms with E-state index in [1.807, 2.05) is 58.0 Å². The number of piperazine rings is 1. The number of halogens is 1. The molecular weight excluding hydrogens is 348 g/mol. The van der Waals surface area contributed by atoms with Crippen molar-refractivity contribution < 1.29 is 4.79 Å². The van der Waals surface area contributed by atoms with Crippen LogP contribution >= 0.6 is 11.6 Å². The normalized spacial score (nSPS) is 15.5. The van der Waals surface area contributed by atoms with Crippen molar-refractivity contribution in [3.63, 3.8) is 0 Å². The van der Waals surface area contributed by atoms with E-state index in [9.17, 15) is 4.79 Å². The summed E-state index contributed by atoms with van der Waals surface area (Å²) in [4.78, 5) is 21.9. The molecule has 3 aromatic rings. The van der Waals surface area contributed by atoms with Crippen LogP contribution in [0.15, 0.2) is 48.7 Å². The minimum Gasteiger partial charge on any atom is -0.340 e. The second kappa shape index (κ2) is 7.09. The van der Waals surface area contributed by atoms with Gasteiger partial charge in [0.15, 0.2) is 0 Å². The smallest absolute Gasteiger partial charge is 0.228 e. The molecule has 0 aliphatic carbocycles. The van der Waals surface area contributed by atoms with Crippen LogP contribution < -0.4 is 0 Å². The molecule has 1 amide bonds. The van der Waals surface area contributed by atoms with E-state index < -0.39 is 0 Å². The van der Waals surface area contributed by atoms with Crippen LogP contribution in [0.2, 0.25) is 5.02 Å². The highest BCUT2D eigenvalue weighted by Crippen LogP contribution is 2.26. The van der Waals surface area contributed by atoms with E-state index in [4.69, 9.17) is 16.6 Å². The Morgan fingerprint density at radius 3 is 2.54 bits per heavy atom. The van der Waals surface area contributed by atoms with Crippen LogP contribution in [-0.4, -0.2) is 58.3 Å². The Kier molecular flexibility index (Phi) is 4.66. The van der Waals surface area contributed by atoms with Crippen LogP contribution in [0.4, 0.5) is 0 Å². The van der Waals surface area contributed by atoms with Gasteiger partial charge >= 0.3 is 0 Å². The fraction of sp³-hybridized carbons (Fsp3) is 0.300. The Morgan fingerprint density at radius 2 is 1.81 bits per heavy atom. The van der Waals surface area contributed by atoms with Gasteiger partial charge in [0.05, 0.1) is 17.8 Å². The van der Waals surface area contributed by atoms with Crippen molar-refractivity contribution in [3.05, 3.63) is 59.4 Å². The first-order valence-electron chi connectivity index (χ1n) is 8.80. The molecule has 134 valence electrons. The monoisotopic (exact) mass is 368 g/mol. The number of benzene rings is 1. The van der Waals surface area contributed by atoms with Gasteiger partial charge in [-0.25, -0.2) is 4.98 Å². The van der Waals surface area contributed by atoms with E-state index >= 15 is 0 Å². The van der Waals surface area contributed by atoms with E-state index in [-0.39, 0.29) is 5.91 Å². The SMILES string of the molecule is CN1CCN(C(=O)Cc2c(-c3ccc(Cl)cc3)nc3ccccn23)CC1. The third-order valence-electron chi connectivity index (χ3n) is 4.92. The van der Waals surface area contributed by atoms with E-state index in [1.165, 1.54) is 0 Å². The third-order valence-corrected chi connectivity index (χ3v) is 5.17. The highest BCUT2D eigenvalue weighted by Gasteiger charge is 2.23. The second-order valence-corrected chi connectivity index (χ2v) is 7.14. The maximum Gasteiger partial charge on any atom is 0.228 e. The van der Waals surface area contributed by atoms with Crippen molar-refractivity contribution in [3.8, 4) is 11.3 Å². The molecule has 0 atom stereocenters. The first-order valence-corrected chi connectivity index (χ1v) is 9.18. The molecule has 0 radical (unpaired) electrons. The van der Waals surface area contributed by atoms with E-state index in [2.05, 4.69) is 11.9 Å². The van der Waals surface area contributed by atoms with Gasteiger partial charge in [0, 0.05) is 43.0 Å². The third kappa shape index (κ3) is 3.32. The first-order chi connectivity index (χ1) is 12.6. The molecule has 1 fully saturated rings. The summed E-state index contributed by atoms with van der Waals surface area (Å²) in [7, 11) is 2.09. The lowest BCUT2D eigenvalue weighted by Crippen LogP contribution is -2.47. The summed E-state index contributed by atoms with van der Waals surface area (Å²) < 4.78 is 2.01. The minimum atomic E-state index is 0.152. The number of aromatic nitrogens is 2. The number of carbonyl (C=O) groups is 1. The number of hydrogen-bond acceptors (Lipinski definition) is 3. The topological polar surface area (TPSA) is 40.8 Å². The predicted molar refractivity (Wildman–Crippen MR) is 103 cm³/mol. The summed E-state index contributed by atoms with van der Waals surface area (Å²) in [5, 5.41) is 0.688. The van der Waals surface area contributed by atoms with Gasteiger partial charge < -0.3 is 14.2 Å². The Hall–Kier alpha value is -2.37. The fourth-order valence-electron chi connectivity index (χ4n) is 3.37. The number of carbonyl (C=O) groups excluding carboxylic acids is 1. The van der Waals surface area contributed by atoms with E-state index in [0.29, 0.717) is 11.4 Å². The zero-order valence-corrected chi connectivity index (χ0v) is 15.5. The molecule has 0 spiro atoms. The second-order valence-electron chi connectivity index (χ2n) is 6.70. The lowest BCUT2D eigenvalue weighted by Gasteiger charge is -2.32.